The minimum atomic E-state index is -0.473. The third kappa shape index (κ3) is 2.58. The van der Waals surface area contributed by atoms with Crippen LogP contribution in [0.4, 0.5) is 0 Å². The summed E-state index contributed by atoms with van der Waals surface area (Å²) in [4.78, 5) is 13.0. The van der Waals surface area contributed by atoms with Crippen molar-refractivity contribution in [2.75, 3.05) is 6.61 Å². The summed E-state index contributed by atoms with van der Waals surface area (Å²) in [6.07, 6.45) is 2.10. The van der Waals surface area contributed by atoms with Gasteiger partial charge in [0.05, 0.1) is 23.6 Å². The first-order valence-corrected chi connectivity index (χ1v) is 7.94. The molecule has 1 aliphatic carbocycles. The van der Waals surface area contributed by atoms with Gasteiger partial charge in [-0.25, -0.2) is 9.48 Å². The predicted molar refractivity (Wildman–Crippen MR) is 78.2 cm³/mol. The van der Waals surface area contributed by atoms with Crippen LogP contribution in [0.5, 0.6) is 0 Å². The fraction of sp³-hybridized carbons (Fsp3) is 0.500. The van der Waals surface area contributed by atoms with Crippen molar-refractivity contribution in [3.8, 4) is 10.6 Å². The van der Waals surface area contributed by atoms with Crippen LogP contribution in [-0.2, 0) is 4.74 Å². The van der Waals surface area contributed by atoms with Gasteiger partial charge in [0.15, 0.2) is 5.69 Å². The SMILES string of the molecule is CCOC(=O)c1nnn(C2CCCC2O)c1-c1cccs1. The smallest absolute Gasteiger partial charge is 0.361 e. The number of aliphatic hydroxyl groups excluding tert-OH is 1. The van der Waals surface area contributed by atoms with Crippen molar-refractivity contribution in [2.45, 2.75) is 38.3 Å². The van der Waals surface area contributed by atoms with Gasteiger partial charge in [-0.15, -0.1) is 16.4 Å². The molecule has 21 heavy (non-hydrogen) atoms. The Kier molecular flexibility index (Phi) is 4.03. The maximum absolute atomic E-state index is 12.1. The summed E-state index contributed by atoms with van der Waals surface area (Å²) >= 11 is 1.51. The summed E-state index contributed by atoms with van der Waals surface area (Å²) < 4.78 is 6.75. The molecule has 3 rings (SSSR count). The third-order valence-electron chi connectivity index (χ3n) is 3.68. The lowest BCUT2D eigenvalue weighted by atomic mass is 10.2. The quantitative estimate of drug-likeness (QED) is 0.877. The molecule has 0 radical (unpaired) electrons. The van der Waals surface area contributed by atoms with Gasteiger partial charge in [-0.2, -0.15) is 0 Å². The zero-order chi connectivity index (χ0) is 14.8. The third-order valence-corrected chi connectivity index (χ3v) is 4.55. The van der Waals surface area contributed by atoms with E-state index in [9.17, 15) is 9.90 Å². The molecule has 1 aliphatic rings. The van der Waals surface area contributed by atoms with E-state index < -0.39 is 12.1 Å². The minimum absolute atomic E-state index is 0.127. The Bertz CT molecular complexity index is 623. The lowest BCUT2D eigenvalue weighted by Gasteiger charge is -2.16. The van der Waals surface area contributed by atoms with Gasteiger partial charge in [-0.3, -0.25) is 0 Å². The van der Waals surface area contributed by atoms with E-state index in [2.05, 4.69) is 10.3 Å². The first kappa shape index (κ1) is 14.2. The Morgan fingerprint density at radius 3 is 3.05 bits per heavy atom. The van der Waals surface area contributed by atoms with Gasteiger partial charge in [-0.05, 0) is 37.6 Å². The molecule has 1 N–H and O–H groups in total. The molecule has 6 nitrogen and oxygen atoms in total. The van der Waals surface area contributed by atoms with Crippen LogP contribution < -0.4 is 0 Å². The highest BCUT2D eigenvalue weighted by Crippen LogP contribution is 2.36. The van der Waals surface area contributed by atoms with Crippen LogP contribution in [0.1, 0.15) is 42.7 Å². The molecule has 1 saturated carbocycles. The maximum Gasteiger partial charge on any atom is 0.361 e. The Morgan fingerprint density at radius 2 is 2.43 bits per heavy atom. The largest absolute Gasteiger partial charge is 0.461 e. The molecule has 0 saturated heterocycles. The second-order valence-corrected chi connectivity index (χ2v) is 5.94. The van der Waals surface area contributed by atoms with Gasteiger partial charge in [0.25, 0.3) is 0 Å². The van der Waals surface area contributed by atoms with Gasteiger partial charge >= 0.3 is 5.97 Å². The number of hydrogen-bond acceptors (Lipinski definition) is 6. The molecule has 1 fully saturated rings. The lowest BCUT2D eigenvalue weighted by Crippen LogP contribution is -2.20. The Balaban J connectivity index is 2.06. The highest BCUT2D eigenvalue weighted by molar-refractivity contribution is 7.13. The van der Waals surface area contributed by atoms with E-state index >= 15 is 0 Å². The molecule has 0 bridgehead atoms. The number of carbonyl (C=O) groups is 1. The lowest BCUT2D eigenvalue weighted by molar-refractivity contribution is 0.0520. The highest BCUT2D eigenvalue weighted by Gasteiger charge is 2.33. The summed E-state index contributed by atoms with van der Waals surface area (Å²) in [6, 6.07) is 3.71. The fourth-order valence-electron chi connectivity index (χ4n) is 2.71. The number of nitrogens with zero attached hydrogens (tertiary/aromatic N) is 3. The van der Waals surface area contributed by atoms with Gasteiger partial charge in [-0.1, -0.05) is 11.3 Å². The zero-order valence-electron chi connectivity index (χ0n) is 11.7. The second-order valence-electron chi connectivity index (χ2n) is 4.99. The molecule has 2 heterocycles. The fourth-order valence-corrected chi connectivity index (χ4v) is 3.47. The molecule has 0 spiro atoms. The topological polar surface area (TPSA) is 77.2 Å². The molecule has 0 aliphatic heterocycles. The summed E-state index contributed by atoms with van der Waals surface area (Å²) in [5, 5.41) is 20.2. The van der Waals surface area contributed by atoms with Crippen molar-refractivity contribution in [3.05, 3.63) is 23.2 Å². The number of rotatable bonds is 4. The first-order valence-electron chi connectivity index (χ1n) is 7.06. The summed E-state index contributed by atoms with van der Waals surface area (Å²) in [5.74, 6) is -0.473. The van der Waals surface area contributed by atoms with Crippen molar-refractivity contribution >= 4 is 17.3 Å². The summed E-state index contributed by atoms with van der Waals surface area (Å²) in [6.45, 7) is 2.05. The van der Waals surface area contributed by atoms with Gasteiger partial charge in [0.1, 0.15) is 5.69 Å². The van der Waals surface area contributed by atoms with Gasteiger partial charge in [0, 0.05) is 0 Å². The second kappa shape index (κ2) is 5.95. The minimum Gasteiger partial charge on any atom is -0.461 e. The molecular formula is C14H17N3O3S. The van der Waals surface area contributed by atoms with Crippen molar-refractivity contribution in [1.82, 2.24) is 15.0 Å². The molecule has 2 aromatic rings. The van der Waals surface area contributed by atoms with Gasteiger partial charge < -0.3 is 9.84 Å². The molecule has 2 aromatic heterocycles. The van der Waals surface area contributed by atoms with Crippen LogP contribution in [0.15, 0.2) is 17.5 Å². The van der Waals surface area contributed by atoms with E-state index in [1.807, 2.05) is 17.5 Å². The van der Waals surface area contributed by atoms with E-state index in [4.69, 9.17) is 4.74 Å². The van der Waals surface area contributed by atoms with Crippen LogP contribution in [0, 0.1) is 0 Å². The molecule has 2 unspecified atom stereocenters. The van der Waals surface area contributed by atoms with Crippen LogP contribution in [0.2, 0.25) is 0 Å². The molecule has 0 amide bonds. The summed E-state index contributed by atoms with van der Waals surface area (Å²) in [7, 11) is 0. The Hall–Kier alpha value is -1.73. The molecular weight excluding hydrogens is 290 g/mol. The number of hydrogen-bond donors (Lipinski definition) is 1. The Labute approximate surface area is 126 Å². The van der Waals surface area contributed by atoms with Crippen molar-refractivity contribution in [2.24, 2.45) is 0 Å². The molecule has 2 atom stereocenters. The first-order chi connectivity index (χ1) is 10.2. The number of aliphatic hydroxyl groups is 1. The van der Waals surface area contributed by atoms with Crippen LogP contribution in [-0.4, -0.2) is 38.8 Å². The Morgan fingerprint density at radius 1 is 1.57 bits per heavy atom. The standard InChI is InChI=1S/C14H17N3O3S/c1-2-20-14(19)12-13(11-7-4-8-21-11)17(16-15-12)9-5-3-6-10(9)18/h4,7-10,18H,2-3,5-6H2,1H3. The molecule has 0 aromatic carbocycles. The number of aromatic nitrogens is 3. The van der Waals surface area contributed by atoms with Gasteiger partial charge in [0.2, 0.25) is 0 Å². The number of thiophene rings is 1. The normalized spacial score (nSPS) is 21.6. The monoisotopic (exact) mass is 307 g/mol. The predicted octanol–water partition coefficient (Wildman–Crippen LogP) is 2.27. The number of carbonyl (C=O) groups excluding carboxylic acids is 1. The van der Waals surface area contributed by atoms with E-state index in [1.165, 1.54) is 11.3 Å². The van der Waals surface area contributed by atoms with Crippen LogP contribution in [0.3, 0.4) is 0 Å². The molecule has 112 valence electrons. The average Bonchev–Trinajstić information content (AvgIpc) is 3.17. The maximum atomic E-state index is 12.1. The number of esters is 1. The van der Waals surface area contributed by atoms with Crippen molar-refractivity contribution in [1.29, 1.82) is 0 Å². The van der Waals surface area contributed by atoms with E-state index in [-0.39, 0.29) is 11.7 Å². The molecule has 7 heteroatoms. The average molecular weight is 307 g/mol. The van der Waals surface area contributed by atoms with Crippen molar-refractivity contribution < 1.29 is 14.6 Å². The van der Waals surface area contributed by atoms with E-state index in [1.54, 1.807) is 11.6 Å². The van der Waals surface area contributed by atoms with Crippen LogP contribution >= 0.6 is 11.3 Å². The van der Waals surface area contributed by atoms with Crippen molar-refractivity contribution in [3.63, 3.8) is 0 Å². The highest BCUT2D eigenvalue weighted by atomic mass is 32.1. The number of ether oxygens (including phenoxy) is 1. The summed E-state index contributed by atoms with van der Waals surface area (Å²) in [5.41, 5.74) is 0.868. The van der Waals surface area contributed by atoms with E-state index in [0.29, 0.717) is 12.3 Å². The zero-order valence-corrected chi connectivity index (χ0v) is 12.5. The van der Waals surface area contributed by atoms with E-state index in [0.717, 1.165) is 24.1 Å². The van der Waals surface area contributed by atoms with Crippen LogP contribution in [0.25, 0.3) is 10.6 Å².